The molecule has 4 nitrogen and oxygen atoms in total. The van der Waals surface area contributed by atoms with Gasteiger partial charge in [0.05, 0.1) is 11.7 Å². The van der Waals surface area contributed by atoms with Crippen LogP contribution in [0.2, 0.25) is 0 Å². The number of isothiocyanates is 1. The number of para-hydroxylation sites is 1. The van der Waals surface area contributed by atoms with Gasteiger partial charge in [0.2, 0.25) is 0 Å². The molecule has 0 aromatic heterocycles. The van der Waals surface area contributed by atoms with Crippen molar-refractivity contribution < 1.29 is 14.3 Å². The highest BCUT2D eigenvalue weighted by atomic mass is 32.1. The first-order valence-corrected chi connectivity index (χ1v) is 5.85. The van der Waals surface area contributed by atoms with Crippen LogP contribution in [-0.2, 0) is 11.3 Å². The van der Waals surface area contributed by atoms with Crippen LogP contribution >= 0.6 is 12.2 Å². The van der Waals surface area contributed by atoms with E-state index in [0.29, 0.717) is 12.3 Å². The molecule has 0 aliphatic rings. The molecule has 0 spiro atoms. The smallest absolute Gasteiger partial charge is 0.428 e. The van der Waals surface area contributed by atoms with Gasteiger partial charge < -0.3 is 9.47 Å². The molecule has 0 aliphatic carbocycles. The number of ether oxygens (including phenoxy) is 2. The van der Waals surface area contributed by atoms with Crippen LogP contribution in [0.4, 0.5) is 4.79 Å². The lowest BCUT2D eigenvalue weighted by molar-refractivity contribution is 0.0204. The van der Waals surface area contributed by atoms with Gasteiger partial charge in [-0.05, 0) is 39.1 Å². The molecule has 0 saturated carbocycles. The maximum absolute atomic E-state index is 11.5. The minimum atomic E-state index is -0.735. The summed E-state index contributed by atoms with van der Waals surface area (Å²) in [5.41, 5.74) is 0.166. The second-order valence-corrected chi connectivity index (χ2v) is 4.76. The number of nitrogens with zero attached hydrogens (tertiary/aromatic N) is 1. The minimum absolute atomic E-state index is 0.322. The topological polar surface area (TPSA) is 47.9 Å². The molecule has 1 rings (SSSR count). The fraction of sp³-hybridized carbons (Fsp3) is 0.385. The van der Waals surface area contributed by atoms with Crippen LogP contribution in [0, 0.1) is 0 Å². The highest BCUT2D eigenvalue weighted by molar-refractivity contribution is 7.78. The van der Waals surface area contributed by atoms with Crippen LogP contribution in [0.5, 0.6) is 5.75 Å². The molecule has 0 amide bonds. The second kappa shape index (κ2) is 6.28. The fourth-order valence-electron chi connectivity index (χ4n) is 1.21. The van der Waals surface area contributed by atoms with Crippen molar-refractivity contribution >= 4 is 23.5 Å². The summed E-state index contributed by atoms with van der Waals surface area (Å²) in [6.45, 7) is 5.65. The Kier molecular flexibility index (Phi) is 5.01. The van der Waals surface area contributed by atoms with Gasteiger partial charge >= 0.3 is 6.16 Å². The van der Waals surface area contributed by atoms with E-state index in [0.717, 1.165) is 5.56 Å². The van der Waals surface area contributed by atoms with Crippen molar-refractivity contribution in [3.63, 3.8) is 0 Å². The molecule has 0 fully saturated rings. The molecule has 0 heterocycles. The normalized spacial score (nSPS) is 10.4. The lowest BCUT2D eigenvalue weighted by atomic mass is 10.2. The minimum Gasteiger partial charge on any atom is -0.428 e. The summed E-state index contributed by atoms with van der Waals surface area (Å²) in [4.78, 5) is 15.4. The predicted octanol–water partition coefficient (Wildman–Crippen LogP) is 3.60. The first-order valence-electron chi connectivity index (χ1n) is 5.45. The molecule has 5 heteroatoms. The molecule has 0 saturated heterocycles. The zero-order valence-electron chi connectivity index (χ0n) is 10.6. The van der Waals surface area contributed by atoms with E-state index in [2.05, 4.69) is 22.4 Å². The number of hydrogen-bond acceptors (Lipinski definition) is 5. The average molecular weight is 265 g/mol. The number of aliphatic imine (C=N–C) groups is 1. The van der Waals surface area contributed by atoms with Crippen molar-refractivity contribution in [2.45, 2.75) is 32.9 Å². The van der Waals surface area contributed by atoms with Crippen LogP contribution in [0.15, 0.2) is 29.3 Å². The van der Waals surface area contributed by atoms with Crippen LogP contribution in [0.1, 0.15) is 26.3 Å². The largest absolute Gasteiger partial charge is 0.514 e. The Morgan fingerprint density at radius 3 is 2.67 bits per heavy atom. The van der Waals surface area contributed by atoms with E-state index in [-0.39, 0.29) is 0 Å². The molecule has 0 atom stereocenters. The molecular weight excluding hydrogens is 250 g/mol. The summed E-state index contributed by atoms with van der Waals surface area (Å²) in [5, 5.41) is 2.27. The highest BCUT2D eigenvalue weighted by Crippen LogP contribution is 2.20. The van der Waals surface area contributed by atoms with Gasteiger partial charge in [-0.2, -0.15) is 0 Å². The van der Waals surface area contributed by atoms with Crippen LogP contribution in [0.3, 0.4) is 0 Å². The molecule has 18 heavy (non-hydrogen) atoms. The van der Waals surface area contributed by atoms with Crippen molar-refractivity contribution in [3.8, 4) is 5.75 Å². The molecule has 0 bridgehead atoms. The molecule has 0 aliphatic heterocycles. The molecular formula is C13H15NO3S. The summed E-state index contributed by atoms with van der Waals surface area (Å²) < 4.78 is 10.2. The number of thiocarbonyl (C=S) groups is 1. The van der Waals surface area contributed by atoms with Gasteiger partial charge in [0.25, 0.3) is 0 Å². The van der Waals surface area contributed by atoms with Gasteiger partial charge in [-0.3, -0.25) is 0 Å². The Hall–Kier alpha value is -1.71. The lowest BCUT2D eigenvalue weighted by Gasteiger charge is -2.19. The number of carbonyl (C=O) groups is 1. The maximum atomic E-state index is 11.5. The van der Waals surface area contributed by atoms with E-state index in [4.69, 9.17) is 9.47 Å². The van der Waals surface area contributed by atoms with E-state index in [1.165, 1.54) is 0 Å². The highest BCUT2D eigenvalue weighted by Gasteiger charge is 2.18. The third-order valence-corrected chi connectivity index (χ3v) is 2.00. The van der Waals surface area contributed by atoms with Crippen molar-refractivity contribution in [1.29, 1.82) is 0 Å². The zero-order chi connectivity index (χ0) is 13.6. The van der Waals surface area contributed by atoms with Crippen molar-refractivity contribution in [1.82, 2.24) is 0 Å². The Labute approximate surface area is 112 Å². The number of benzene rings is 1. The first kappa shape index (κ1) is 14.4. The zero-order valence-corrected chi connectivity index (χ0v) is 11.4. The van der Waals surface area contributed by atoms with Gasteiger partial charge in [0, 0.05) is 5.56 Å². The molecule has 1 aromatic rings. The van der Waals surface area contributed by atoms with E-state index >= 15 is 0 Å². The lowest BCUT2D eigenvalue weighted by Crippen LogP contribution is -2.26. The summed E-state index contributed by atoms with van der Waals surface area (Å²) in [7, 11) is 0. The van der Waals surface area contributed by atoms with Gasteiger partial charge in [-0.15, -0.1) is 0 Å². The predicted molar refractivity (Wildman–Crippen MR) is 72.0 cm³/mol. The van der Waals surface area contributed by atoms with E-state index in [1.807, 2.05) is 6.07 Å². The molecule has 0 radical (unpaired) electrons. The summed E-state index contributed by atoms with van der Waals surface area (Å²) in [6.07, 6.45) is -0.735. The monoisotopic (exact) mass is 265 g/mol. The quantitative estimate of drug-likeness (QED) is 0.362. The standard InChI is InChI=1S/C13H15NO3S/c1-13(2,3)17-12(15)16-11-7-5-4-6-10(11)8-14-9-18/h4-7H,8H2,1-3H3. The average Bonchev–Trinajstić information content (AvgIpc) is 2.25. The summed E-state index contributed by atoms with van der Waals surface area (Å²) in [6, 6.07) is 7.08. The van der Waals surface area contributed by atoms with E-state index in [9.17, 15) is 4.79 Å². The molecule has 1 aromatic carbocycles. The Morgan fingerprint density at radius 1 is 1.39 bits per heavy atom. The SMILES string of the molecule is CC(C)(C)OC(=O)Oc1ccccc1CN=C=S. The summed E-state index contributed by atoms with van der Waals surface area (Å²) >= 11 is 4.50. The van der Waals surface area contributed by atoms with Crippen molar-refractivity contribution in [3.05, 3.63) is 29.8 Å². The third kappa shape index (κ3) is 5.08. The van der Waals surface area contributed by atoms with Gasteiger partial charge in [-0.1, -0.05) is 18.2 Å². The molecule has 96 valence electrons. The second-order valence-electron chi connectivity index (χ2n) is 4.58. The Bertz CT molecular complexity index is 473. The van der Waals surface area contributed by atoms with Crippen LogP contribution < -0.4 is 4.74 Å². The summed E-state index contributed by atoms with van der Waals surface area (Å²) in [5.74, 6) is 0.417. The number of rotatable bonds is 3. The van der Waals surface area contributed by atoms with Crippen LogP contribution in [0.25, 0.3) is 0 Å². The van der Waals surface area contributed by atoms with Crippen molar-refractivity contribution in [2.24, 2.45) is 4.99 Å². The third-order valence-electron chi connectivity index (χ3n) is 1.87. The molecule has 0 N–H and O–H groups in total. The van der Waals surface area contributed by atoms with E-state index in [1.54, 1.807) is 39.0 Å². The molecule has 0 unspecified atom stereocenters. The van der Waals surface area contributed by atoms with Crippen molar-refractivity contribution in [2.75, 3.05) is 0 Å². The number of hydrogen-bond donors (Lipinski definition) is 0. The van der Waals surface area contributed by atoms with E-state index < -0.39 is 11.8 Å². The fourth-order valence-corrected chi connectivity index (χ4v) is 1.28. The Morgan fingerprint density at radius 2 is 2.06 bits per heavy atom. The van der Waals surface area contributed by atoms with Gasteiger partial charge in [0.1, 0.15) is 11.4 Å². The Balaban J connectivity index is 2.77. The number of carbonyl (C=O) groups excluding carboxylic acids is 1. The van der Waals surface area contributed by atoms with Gasteiger partial charge in [-0.25, -0.2) is 9.79 Å². The maximum Gasteiger partial charge on any atom is 0.514 e. The van der Waals surface area contributed by atoms with Gasteiger partial charge in [0.15, 0.2) is 0 Å². The van der Waals surface area contributed by atoms with Crippen LogP contribution in [-0.4, -0.2) is 16.9 Å². The first-order chi connectivity index (χ1) is 8.42.